The van der Waals surface area contributed by atoms with Gasteiger partial charge in [0.15, 0.2) is 0 Å². The average Bonchev–Trinajstić information content (AvgIpc) is 2.70. The molecule has 0 saturated carbocycles. The molecule has 0 aromatic heterocycles. The first-order valence-electron chi connectivity index (χ1n) is 9.65. The molecular weight excluding hydrogens is 348 g/mol. The molecule has 4 rings (SSSR count). The summed E-state index contributed by atoms with van der Waals surface area (Å²) in [5, 5.41) is 2.81. The van der Waals surface area contributed by atoms with Crippen molar-refractivity contribution in [2.45, 2.75) is 26.3 Å². The second kappa shape index (κ2) is 8.17. The van der Waals surface area contributed by atoms with Gasteiger partial charge >= 0.3 is 6.09 Å². The number of nitrogens with one attached hydrogen (secondary N) is 1. The normalized spacial score (nSPS) is 13.0. The lowest BCUT2D eigenvalue weighted by atomic mass is 10.0. The number of hydrogen-bond acceptors (Lipinski definition) is 3. The van der Waals surface area contributed by atoms with E-state index in [2.05, 4.69) is 40.5 Å². The van der Waals surface area contributed by atoms with E-state index in [1.165, 1.54) is 16.8 Å². The van der Waals surface area contributed by atoms with E-state index in [0.29, 0.717) is 5.75 Å². The standard InChI is InChI=1S/C24H24N2O2/c1-18-8-5-6-12-22(18)25-24(27)28-21-13-14-23-20(16-21)11-7-15-26(23)17-19-9-3-2-4-10-19/h2-6,8-10,12-14,16H,7,11,15,17H2,1H3,(H,25,27). The van der Waals surface area contributed by atoms with E-state index in [0.717, 1.165) is 37.2 Å². The molecule has 142 valence electrons. The van der Waals surface area contributed by atoms with Crippen LogP contribution < -0.4 is 15.0 Å². The van der Waals surface area contributed by atoms with Crippen LogP contribution in [0.2, 0.25) is 0 Å². The van der Waals surface area contributed by atoms with Crippen molar-refractivity contribution in [2.75, 3.05) is 16.8 Å². The van der Waals surface area contributed by atoms with Crippen LogP contribution in [-0.4, -0.2) is 12.6 Å². The molecule has 3 aromatic carbocycles. The molecule has 3 aromatic rings. The lowest BCUT2D eigenvalue weighted by molar-refractivity contribution is 0.215. The number of para-hydroxylation sites is 1. The fourth-order valence-corrected chi connectivity index (χ4v) is 3.64. The van der Waals surface area contributed by atoms with Crippen LogP contribution in [0.5, 0.6) is 5.75 Å². The van der Waals surface area contributed by atoms with Gasteiger partial charge in [-0.25, -0.2) is 4.79 Å². The Kier molecular flexibility index (Phi) is 5.29. The highest BCUT2D eigenvalue weighted by Gasteiger charge is 2.18. The Bertz CT molecular complexity index is 969. The zero-order chi connectivity index (χ0) is 19.3. The van der Waals surface area contributed by atoms with Crippen LogP contribution in [0.4, 0.5) is 16.2 Å². The Morgan fingerprint density at radius 2 is 1.82 bits per heavy atom. The first-order valence-corrected chi connectivity index (χ1v) is 9.65. The van der Waals surface area contributed by atoms with E-state index in [1.807, 2.05) is 49.4 Å². The summed E-state index contributed by atoms with van der Waals surface area (Å²) in [7, 11) is 0. The Labute approximate surface area is 165 Å². The molecule has 28 heavy (non-hydrogen) atoms. The van der Waals surface area contributed by atoms with Gasteiger partial charge in [-0.1, -0.05) is 48.5 Å². The van der Waals surface area contributed by atoms with Crippen LogP contribution in [0.1, 0.15) is 23.1 Å². The smallest absolute Gasteiger partial charge is 0.410 e. The fraction of sp³-hybridized carbons (Fsp3) is 0.208. The third-order valence-corrected chi connectivity index (χ3v) is 5.07. The molecular formula is C24H24N2O2. The van der Waals surface area contributed by atoms with Gasteiger partial charge in [0.2, 0.25) is 0 Å². The largest absolute Gasteiger partial charge is 0.417 e. The van der Waals surface area contributed by atoms with Crippen molar-refractivity contribution >= 4 is 17.5 Å². The highest BCUT2D eigenvalue weighted by atomic mass is 16.6. The fourth-order valence-electron chi connectivity index (χ4n) is 3.64. The number of anilines is 2. The third kappa shape index (κ3) is 4.17. The number of benzene rings is 3. The molecule has 0 spiro atoms. The van der Waals surface area contributed by atoms with E-state index in [4.69, 9.17) is 4.74 Å². The van der Waals surface area contributed by atoms with E-state index in [1.54, 1.807) is 0 Å². The number of carbonyl (C=O) groups is 1. The van der Waals surface area contributed by atoms with Gasteiger partial charge in [0.05, 0.1) is 0 Å². The molecule has 1 heterocycles. The van der Waals surface area contributed by atoms with Gasteiger partial charge < -0.3 is 9.64 Å². The van der Waals surface area contributed by atoms with Crippen molar-refractivity contribution in [3.63, 3.8) is 0 Å². The minimum absolute atomic E-state index is 0.466. The van der Waals surface area contributed by atoms with E-state index < -0.39 is 6.09 Å². The number of aryl methyl sites for hydroxylation is 2. The van der Waals surface area contributed by atoms with Gasteiger partial charge in [0.1, 0.15) is 5.75 Å². The maximum absolute atomic E-state index is 12.3. The van der Waals surface area contributed by atoms with Crippen LogP contribution in [0.3, 0.4) is 0 Å². The van der Waals surface area contributed by atoms with Crippen LogP contribution in [0.15, 0.2) is 72.8 Å². The van der Waals surface area contributed by atoms with Gasteiger partial charge in [0, 0.05) is 24.5 Å². The molecule has 1 aliphatic heterocycles. The minimum atomic E-state index is -0.466. The number of nitrogens with zero attached hydrogens (tertiary/aromatic N) is 1. The van der Waals surface area contributed by atoms with Crippen molar-refractivity contribution in [3.8, 4) is 5.75 Å². The number of carbonyl (C=O) groups excluding carboxylic acids is 1. The monoisotopic (exact) mass is 372 g/mol. The Balaban J connectivity index is 1.46. The molecule has 0 aliphatic carbocycles. The van der Waals surface area contributed by atoms with Gasteiger partial charge in [-0.05, 0) is 60.7 Å². The molecule has 0 bridgehead atoms. The lowest BCUT2D eigenvalue weighted by Gasteiger charge is -2.31. The quantitative estimate of drug-likeness (QED) is 0.652. The van der Waals surface area contributed by atoms with Crippen molar-refractivity contribution in [1.82, 2.24) is 0 Å². The summed E-state index contributed by atoms with van der Waals surface area (Å²) in [6.07, 6.45) is 1.63. The summed E-state index contributed by atoms with van der Waals surface area (Å²) in [6, 6.07) is 24.1. The summed E-state index contributed by atoms with van der Waals surface area (Å²) in [5.41, 5.74) is 5.51. The third-order valence-electron chi connectivity index (χ3n) is 5.07. The summed E-state index contributed by atoms with van der Waals surface area (Å²) in [4.78, 5) is 14.7. The molecule has 0 radical (unpaired) electrons. The predicted octanol–water partition coefficient (Wildman–Crippen LogP) is 5.56. The zero-order valence-corrected chi connectivity index (χ0v) is 16.0. The summed E-state index contributed by atoms with van der Waals surface area (Å²) in [5.74, 6) is 0.575. The molecule has 1 amide bonds. The maximum Gasteiger partial charge on any atom is 0.417 e. The van der Waals surface area contributed by atoms with Crippen LogP contribution in [0, 0.1) is 6.92 Å². The van der Waals surface area contributed by atoms with E-state index in [-0.39, 0.29) is 0 Å². The van der Waals surface area contributed by atoms with Crippen LogP contribution in [-0.2, 0) is 13.0 Å². The Hall–Kier alpha value is -3.27. The topological polar surface area (TPSA) is 41.6 Å². The maximum atomic E-state index is 12.3. The summed E-state index contributed by atoms with van der Waals surface area (Å²) >= 11 is 0. The molecule has 0 saturated heterocycles. The number of hydrogen-bond donors (Lipinski definition) is 1. The van der Waals surface area contributed by atoms with Crippen molar-refractivity contribution in [3.05, 3.63) is 89.5 Å². The SMILES string of the molecule is Cc1ccccc1NC(=O)Oc1ccc2c(c1)CCCN2Cc1ccccc1. The van der Waals surface area contributed by atoms with E-state index in [9.17, 15) is 4.79 Å². The lowest BCUT2D eigenvalue weighted by Crippen LogP contribution is -2.28. The highest BCUT2D eigenvalue weighted by molar-refractivity contribution is 5.87. The average molecular weight is 372 g/mol. The number of ether oxygens (including phenoxy) is 1. The van der Waals surface area contributed by atoms with Crippen LogP contribution in [0.25, 0.3) is 0 Å². The number of amides is 1. The summed E-state index contributed by atoms with van der Waals surface area (Å²) in [6.45, 7) is 3.88. The second-order valence-corrected chi connectivity index (χ2v) is 7.13. The zero-order valence-electron chi connectivity index (χ0n) is 16.0. The molecule has 4 heteroatoms. The van der Waals surface area contributed by atoms with Crippen molar-refractivity contribution in [2.24, 2.45) is 0 Å². The van der Waals surface area contributed by atoms with Crippen LogP contribution >= 0.6 is 0 Å². The predicted molar refractivity (Wildman–Crippen MR) is 113 cm³/mol. The van der Waals surface area contributed by atoms with Gasteiger partial charge in [0.25, 0.3) is 0 Å². The molecule has 0 unspecified atom stereocenters. The molecule has 0 atom stereocenters. The van der Waals surface area contributed by atoms with Crippen molar-refractivity contribution < 1.29 is 9.53 Å². The first-order chi connectivity index (χ1) is 13.7. The van der Waals surface area contributed by atoms with Gasteiger partial charge in [-0.3, -0.25) is 5.32 Å². The Morgan fingerprint density at radius 3 is 2.64 bits per heavy atom. The molecule has 1 N–H and O–H groups in total. The van der Waals surface area contributed by atoms with Gasteiger partial charge in [-0.15, -0.1) is 0 Å². The highest BCUT2D eigenvalue weighted by Crippen LogP contribution is 2.31. The second-order valence-electron chi connectivity index (χ2n) is 7.13. The summed E-state index contributed by atoms with van der Waals surface area (Å²) < 4.78 is 5.52. The minimum Gasteiger partial charge on any atom is -0.410 e. The molecule has 0 fully saturated rings. The number of fused-ring (bicyclic) bond motifs is 1. The Morgan fingerprint density at radius 1 is 1.04 bits per heavy atom. The molecule has 1 aliphatic rings. The van der Waals surface area contributed by atoms with Gasteiger partial charge in [-0.2, -0.15) is 0 Å². The van der Waals surface area contributed by atoms with Crippen molar-refractivity contribution in [1.29, 1.82) is 0 Å². The van der Waals surface area contributed by atoms with E-state index >= 15 is 0 Å². The first kappa shape index (κ1) is 18.1. The molecule has 4 nitrogen and oxygen atoms in total. The number of rotatable bonds is 4.